The molecule has 0 aliphatic rings. The maximum absolute atomic E-state index is 11.5. The van der Waals surface area contributed by atoms with Crippen LogP contribution in [-0.2, 0) is 11.3 Å². The van der Waals surface area contributed by atoms with E-state index in [9.17, 15) is 9.90 Å². The van der Waals surface area contributed by atoms with Gasteiger partial charge in [0.25, 0.3) is 0 Å². The van der Waals surface area contributed by atoms with Gasteiger partial charge in [-0.1, -0.05) is 30.3 Å². The molecule has 0 atom stereocenters. The number of phenols is 1. The van der Waals surface area contributed by atoms with E-state index in [2.05, 4.69) is 22.0 Å². The Balaban J connectivity index is 2.17. The van der Waals surface area contributed by atoms with E-state index in [0.717, 1.165) is 22.3 Å². The topological polar surface area (TPSA) is 54.3 Å². The highest BCUT2D eigenvalue weighted by Gasteiger charge is 2.15. The van der Waals surface area contributed by atoms with Crippen LogP contribution in [-0.4, -0.2) is 15.6 Å². The second-order valence-electron chi connectivity index (χ2n) is 5.41. The summed E-state index contributed by atoms with van der Waals surface area (Å²) in [5.41, 5.74) is 3.85. The molecule has 0 spiro atoms. The van der Waals surface area contributed by atoms with E-state index < -0.39 is 0 Å². The third-order valence-electron chi connectivity index (χ3n) is 3.79. The normalized spacial score (nSPS) is 10.8. The Bertz CT molecular complexity index is 835. The van der Waals surface area contributed by atoms with Crippen molar-refractivity contribution in [3.8, 4) is 5.75 Å². The molecule has 0 radical (unpaired) electrons. The van der Waals surface area contributed by atoms with E-state index in [1.54, 1.807) is 12.1 Å². The van der Waals surface area contributed by atoms with E-state index in [-0.39, 0.29) is 11.7 Å². The second-order valence-corrected chi connectivity index (χ2v) is 5.41. The molecule has 0 fully saturated rings. The minimum atomic E-state index is -0.102. The lowest BCUT2D eigenvalue weighted by Gasteiger charge is -2.09. The van der Waals surface area contributed by atoms with Crippen LogP contribution in [0.4, 0.5) is 5.69 Å². The zero-order valence-corrected chi connectivity index (χ0v) is 12.6. The Morgan fingerprint density at radius 1 is 1.18 bits per heavy atom. The molecule has 0 bridgehead atoms. The van der Waals surface area contributed by atoms with Crippen molar-refractivity contribution in [3.63, 3.8) is 0 Å². The Hall–Kier alpha value is -2.75. The third kappa shape index (κ3) is 2.55. The van der Waals surface area contributed by atoms with Crippen LogP contribution < -0.4 is 5.32 Å². The first-order valence-corrected chi connectivity index (χ1v) is 7.19. The van der Waals surface area contributed by atoms with Crippen LogP contribution in [0.2, 0.25) is 0 Å². The summed E-state index contributed by atoms with van der Waals surface area (Å²) in [7, 11) is 0. The maximum Gasteiger partial charge on any atom is 0.221 e. The maximum atomic E-state index is 11.5. The number of aromatic hydroxyl groups is 1. The smallest absolute Gasteiger partial charge is 0.221 e. The quantitative estimate of drug-likeness (QED) is 0.774. The van der Waals surface area contributed by atoms with Gasteiger partial charge in [0.15, 0.2) is 0 Å². The zero-order valence-electron chi connectivity index (χ0n) is 12.6. The summed E-state index contributed by atoms with van der Waals surface area (Å²) >= 11 is 0. The van der Waals surface area contributed by atoms with E-state index >= 15 is 0 Å². The molecule has 22 heavy (non-hydrogen) atoms. The molecule has 2 aromatic carbocycles. The van der Waals surface area contributed by atoms with Gasteiger partial charge < -0.3 is 15.0 Å². The highest BCUT2D eigenvalue weighted by molar-refractivity contribution is 6.03. The Labute approximate surface area is 129 Å². The lowest BCUT2D eigenvalue weighted by atomic mass is 10.2. The Morgan fingerprint density at radius 2 is 1.91 bits per heavy atom. The summed E-state index contributed by atoms with van der Waals surface area (Å²) < 4.78 is 2.11. The largest absolute Gasteiger partial charge is 0.508 e. The minimum Gasteiger partial charge on any atom is -0.508 e. The van der Waals surface area contributed by atoms with E-state index in [1.807, 2.05) is 31.2 Å². The van der Waals surface area contributed by atoms with Crippen molar-refractivity contribution in [2.24, 2.45) is 0 Å². The molecule has 0 saturated carbocycles. The van der Waals surface area contributed by atoms with Gasteiger partial charge >= 0.3 is 0 Å². The summed E-state index contributed by atoms with van der Waals surface area (Å²) in [6.07, 6.45) is 0. The van der Waals surface area contributed by atoms with Gasteiger partial charge in [0.05, 0.1) is 11.2 Å². The predicted molar refractivity (Wildman–Crippen MR) is 88.2 cm³/mol. The number of carbonyl (C=O) groups is 1. The lowest BCUT2D eigenvalue weighted by molar-refractivity contribution is -0.114. The van der Waals surface area contributed by atoms with Gasteiger partial charge in [0.1, 0.15) is 5.75 Å². The molecule has 3 aromatic rings. The number of rotatable bonds is 3. The number of aromatic nitrogens is 1. The highest BCUT2D eigenvalue weighted by atomic mass is 16.3. The van der Waals surface area contributed by atoms with Crippen molar-refractivity contribution in [1.29, 1.82) is 0 Å². The Morgan fingerprint density at radius 3 is 2.59 bits per heavy atom. The van der Waals surface area contributed by atoms with Crippen LogP contribution in [0.3, 0.4) is 0 Å². The molecule has 1 amide bonds. The highest BCUT2D eigenvalue weighted by Crippen LogP contribution is 2.33. The van der Waals surface area contributed by atoms with Gasteiger partial charge in [-0.2, -0.15) is 0 Å². The van der Waals surface area contributed by atoms with Crippen molar-refractivity contribution in [2.75, 3.05) is 5.32 Å². The van der Waals surface area contributed by atoms with Crippen molar-refractivity contribution in [1.82, 2.24) is 4.57 Å². The third-order valence-corrected chi connectivity index (χ3v) is 3.79. The van der Waals surface area contributed by atoms with Crippen molar-refractivity contribution < 1.29 is 9.90 Å². The van der Waals surface area contributed by atoms with Crippen molar-refractivity contribution in [3.05, 3.63) is 59.8 Å². The summed E-state index contributed by atoms with van der Waals surface area (Å²) in [6, 6.07) is 15.3. The number of hydrogen-bond donors (Lipinski definition) is 2. The van der Waals surface area contributed by atoms with Crippen molar-refractivity contribution in [2.45, 2.75) is 20.4 Å². The molecule has 3 rings (SSSR count). The van der Waals surface area contributed by atoms with Gasteiger partial charge in [-0.15, -0.1) is 0 Å². The van der Waals surface area contributed by atoms with Crippen LogP contribution in [0.5, 0.6) is 5.75 Å². The number of nitrogens with zero attached hydrogens (tertiary/aromatic N) is 1. The van der Waals surface area contributed by atoms with Crippen LogP contribution in [0.1, 0.15) is 18.2 Å². The number of fused-ring (bicyclic) bond motifs is 1. The molecule has 2 N–H and O–H groups in total. The number of carbonyl (C=O) groups excluding carboxylic acids is 1. The second kappa shape index (κ2) is 5.56. The molecule has 4 heteroatoms. The summed E-state index contributed by atoms with van der Waals surface area (Å²) in [4.78, 5) is 11.5. The zero-order chi connectivity index (χ0) is 15.7. The van der Waals surface area contributed by atoms with E-state index in [4.69, 9.17) is 0 Å². The van der Waals surface area contributed by atoms with Crippen LogP contribution in [0, 0.1) is 6.92 Å². The standard InChI is InChI=1S/C18H18N2O2/c1-12-18(19-13(2)21)16-9-8-15(22)10-17(16)20(12)11-14-6-4-3-5-7-14/h3-10,22H,11H2,1-2H3,(H,19,21). The van der Waals surface area contributed by atoms with Gasteiger partial charge in [0, 0.05) is 30.6 Å². The average molecular weight is 294 g/mol. The molecule has 0 aliphatic carbocycles. The summed E-state index contributed by atoms with van der Waals surface area (Å²) in [5.74, 6) is 0.114. The summed E-state index contributed by atoms with van der Waals surface area (Å²) in [6.45, 7) is 4.16. The number of benzene rings is 2. The molecule has 1 heterocycles. The molecule has 1 aromatic heterocycles. The fraction of sp³-hybridized carbons (Fsp3) is 0.167. The molecule has 4 nitrogen and oxygen atoms in total. The first kappa shape index (κ1) is 14.2. The molecular formula is C18H18N2O2. The minimum absolute atomic E-state index is 0.102. The number of anilines is 1. The van der Waals surface area contributed by atoms with Crippen LogP contribution in [0.15, 0.2) is 48.5 Å². The SMILES string of the molecule is CC(=O)Nc1c(C)n(Cc2ccccc2)c2cc(O)ccc12. The summed E-state index contributed by atoms with van der Waals surface area (Å²) in [5, 5.41) is 13.6. The number of phenolic OH excluding ortho intramolecular Hbond substituents is 1. The lowest BCUT2D eigenvalue weighted by Crippen LogP contribution is -2.08. The van der Waals surface area contributed by atoms with Gasteiger partial charge in [-0.05, 0) is 24.6 Å². The number of amides is 1. The molecule has 0 saturated heterocycles. The van der Waals surface area contributed by atoms with Crippen LogP contribution in [0.25, 0.3) is 10.9 Å². The fourth-order valence-corrected chi connectivity index (χ4v) is 2.77. The van der Waals surface area contributed by atoms with Gasteiger partial charge in [-0.25, -0.2) is 0 Å². The van der Waals surface area contributed by atoms with Gasteiger partial charge in [0.2, 0.25) is 5.91 Å². The molecule has 112 valence electrons. The van der Waals surface area contributed by atoms with Crippen molar-refractivity contribution >= 4 is 22.5 Å². The van der Waals surface area contributed by atoms with E-state index in [1.165, 1.54) is 12.5 Å². The monoisotopic (exact) mass is 294 g/mol. The molecular weight excluding hydrogens is 276 g/mol. The average Bonchev–Trinajstić information content (AvgIpc) is 2.73. The number of hydrogen-bond acceptors (Lipinski definition) is 2. The first-order valence-electron chi connectivity index (χ1n) is 7.19. The van der Waals surface area contributed by atoms with Gasteiger partial charge in [-0.3, -0.25) is 4.79 Å². The predicted octanol–water partition coefficient (Wildman–Crippen LogP) is 3.66. The number of nitrogens with one attached hydrogen (secondary N) is 1. The fourth-order valence-electron chi connectivity index (χ4n) is 2.77. The Kier molecular flexibility index (Phi) is 3.59. The van der Waals surface area contributed by atoms with Crippen LogP contribution >= 0.6 is 0 Å². The van der Waals surface area contributed by atoms with E-state index in [0.29, 0.717) is 6.54 Å². The molecule has 0 unspecified atom stereocenters. The molecule has 0 aliphatic heterocycles. The first-order chi connectivity index (χ1) is 10.6.